The number of thiazole rings is 1. The summed E-state index contributed by atoms with van der Waals surface area (Å²) in [6.45, 7) is 2.82. The molecule has 134 valence electrons. The molecule has 1 heterocycles. The van der Waals surface area contributed by atoms with Crippen LogP contribution in [-0.4, -0.2) is 23.5 Å². The summed E-state index contributed by atoms with van der Waals surface area (Å²) in [7, 11) is 0. The standard InChI is InChI=1S/C17H22N4O3S/c1-12(7-8-14-11-25-16(20-14)15(22)21-18)9-19-17(23)24-10-13-5-3-2-4-6-13/h2-6,11-12H,7-10,18H2,1H3,(H,19,23)(H,21,22). The number of benzene rings is 1. The second-order valence-corrected chi connectivity index (χ2v) is 6.56. The molecule has 0 aliphatic heterocycles. The second-order valence-electron chi connectivity index (χ2n) is 5.70. The van der Waals surface area contributed by atoms with Crippen LogP contribution in [0, 0.1) is 5.92 Å². The van der Waals surface area contributed by atoms with Crippen molar-refractivity contribution in [3.05, 3.63) is 52.0 Å². The van der Waals surface area contributed by atoms with Gasteiger partial charge < -0.3 is 10.1 Å². The van der Waals surface area contributed by atoms with Crippen molar-refractivity contribution in [2.75, 3.05) is 6.54 Å². The van der Waals surface area contributed by atoms with Crippen molar-refractivity contribution in [2.24, 2.45) is 11.8 Å². The van der Waals surface area contributed by atoms with Gasteiger partial charge in [-0.05, 0) is 24.3 Å². The van der Waals surface area contributed by atoms with E-state index in [4.69, 9.17) is 10.6 Å². The molecule has 0 saturated carbocycles. The molecule has 2 rings (SSSR count). The van der Waals surface area contributed by atoms with Gasteiger partial charge in [0.1, 0.15) is 6.61 Å². The molecule has 25 heavy (non-hydrogen) atoms. The molecule has 0 radical (unpaired) electrons. The third-order valence-electron chi connectivity index (χ3n) is 3.58. The Kier molecular flexibility index (Phi) is 7.36. The van der Waals surface area contributed by atoms with E-state index >= 15 is 0 Å². The number of nitrogens with two attached hydrogens (primary N) is 1. The third kappa shape index (κ3) is 6.52. The van der Waals surface area contributed by atoms with E-state index in [-0.39, 0.29) is 18.4 Å². The lowest BCUT2D eigenvalue weighted by molar-refractivity contribution is 0.0953. The van der Waals surface area contributed by atoms with E-state index in [1.54, 1.807) is 0 Å². The smallest absolute Gasteiger partial charge is 0.407 e. The number of aromatic nitrogens is 1. The van der Waals surface area contributed by atoms with Gasteiger partial charge >= 0.3 is 6.09 Å². The minimum absolute atomic E-state index is 0.256. The van der Waals surface area contributed by atoms with Crippen LogP contribution in [0.1, 0.15) is 34.4 Å². The van der Waals surface area contributed by atoms with Gasteiger partial charge in [-0.3, -0.25) is 10.2 Å². The van der Waals surface area contributed by atoms with Gasteiger partial charge in [-0.15, -0.1) is 11.3 Å². The number of carbonyl (C=O) groups excluding carboxylic acids is 2. The molecule has 0 bridgehead atoms. The summed E-state index contributed by atoms with van der Waals surface area (Å²) in [5.41, 5.74) is 3.86. The SMILES string of the molecule is CC(CCc1csc(C(=O)NN)n1)CNC(=O)OCc1ccccc1. The summed E-state index contributed by atoms with van der Waals surface area (Å²) < 4.78 is 5.17. The molecule has 2 aromatic rings. The molecule has 1 unspecified atom stereocenters. The van der Waals surface area contributed by atoms with Gasteiger partial charge in [0, 0.05) is 11.9 Å². The van der Waals surface area contributed by atoms with Crippen LogP contribution in [0.15, 0.2) is 35.7 Å². The number of hydrogen-bond donors (Lipinski definition) is 3. The molecule has 1 aromatic carbocycles. The molecule has 0 saturated heterocycles. The number of alkyl carbamates (subject to hydrolysis) is 1. The Hall–Kier alpha value is -2.45. The zero-order chi connectivity index (χ0) is 18.1. The number of nitrogens with one attached hydrogen (secondary N) is 2. The molecule has 8 heteroatoms. The Morgan fingerprint density at radius 3 is 2.80 bits per heavy atom. The number of nitrogens with zero attached hydrogens (tertiary/aromatic N) is 1. The van der Waals surface area contributed by atoms with Crippen molar-refractivity contribution in [3.8, 4) is 0 Å². The van der Waals surface area contributed by atoms with Gasteiger partial charge in [0.2, 0.25) is 0 Å². The van der Waals surface area contributed by atoms with Gasteiger partial charge in [0.05, 0.1) is 5.69 Å². The van der Waals surface area contributed by atoms with E-state index in [1.807, 2.05) is 42.6 Å². The summed E-state index contributed by atoms with van der Waals surface area (Å²) in [6.07, 6.45) is 1.15. The fourth-order valence-electron chi connectivity index (χ4n) is 2.12. The van der Waals surface area contributed by atoms with Crippen LogP contribution >= 0.6 is 11.3 Å². The fraction of sp³-hybridized carbons (Fsp3) is 0.353. The quantitative estimate of drug-likeness (QED) is 0.379. The number of ether oxygens (including phenoxy) is 1. The Bertz CT molecular complexity index is 690. The summed E-state index contributed by atoms with van der Waals surface area (Å²) >= 11 is 1.26. The van der Waals surface area contributed by atoms with Crippen molar-refractivity contribution < 1.29 is 14.3 Å². The van der Waals surface area contributed by atoms with Gasteiger partial charge in [-0.2, -0.15) is 0 Å². The van der Waals surface area contributed by atoms with Crippen molar-refractivity contribution in [1.29, 1.82) is 0 Å². The zero-order valence-electron chi connectivity index (χ0n) is 14.0. The van der Waals surface area contributed by atoms with E-state index in [1.165, 1.54) is 11.3 Å². The molecule has 2 amide bonds. The summed E-state index contributed by atoms with van der Waals surface area (Å²) in [6, 6.07) is 9.53. The lowest BCUT2D eigenvalue weighted by Crippen LogP contribution is -2.30. The molecule has 7 nitrogen and oxygen atoms in total. The highest BCUT2D eigenvalue weighted by Gasteiger charge is 2.11. The summed E-state index contributed by atoms with van der Waals surface area (Å²) in [5, 5.41) is 4.96. The molecule has 1 atom stereocenters. The highest BCUT2D eigenvalue weighted by atomic mass is 32.1. The van der Waals surface area contributed by atoms with Gasteiger partial charge in [0.25, 0.3) is 5.91 Å². The largest absolute Gasteiger partial charge is 0.445 e. The Morgan fingerprint density at radius 2 is 2.08 bits per heavy atom. The van der Waals surface area contributed by atoms with E-state index in [0.29, 0.717) is 11.6 Å². The van der Waals surface area contributed by atoms with Crippen LogP contribution < -0.4 is 16.6 Å². The van der Waals surface area contributed by atoms with Crippen LogP contribution in [0.3, 0.4) is 0 Å². The number of aryl methyl sites for hydroxylation is 1. The average Bonchev–Trinajstić information content (AvgIpc) is 3.12. The number of rotatable bonds is 8. The highest BCUT2D eigenvalue weighted by molar-refractivity contribution is 7.11. The molecular weight excluding hydrogens is 340 g/mol. The van der Waals surface area contributed by atoms with Crippen LogP contribution in [0.2, 0.25) is 0 Å². The first-order chi connectivity index (χ1) is 12.1. The predicted octanol–water partition coefficient (Wildman–Crippen LogP) is 2.24. The monoisotopic (exact) mass is 362 g/mol. The maximum atomic E-state index is 11.7. The lowest BCUT2D eigenvalue weighted by Gasteiger charge is -2.12. The number of nitrogen functional groups attached to an aromatic ring is 1. The van der Waals surface area contributed by atoms with Gasteiger partial charge in [0.15, 0.2) is 5.01 Å². The van der Waals surface area contributed by atoms with E-state index in [2.05, 4.69) is 15.7 Å². The molecule has 1 aromatic heterocycles. The number of amides is 2. The normalized spacial score (nSPS) is 11.6. The Balaban J connectivity index is 1.64. The van der Waals surface area contributed by atoms with Crippen molar-refractivity contribution in [1.82, 2.24) is 15.7 Å². The average molecular weight is 362 g/mol. The van der Waals surface area contributed by atoms with Gasteiger partial charge in [-0.1, -0.05) is 37.3 Å². The molecule has 4 N–H and O–H groups in total. The number of hydrogen-bond acceptors (Lipinski definition) is 6. The molecular formula is C17H22N4O3S. The van der Waals surface area contributed by atoms with Crippen LogP contribution in [0.25, 0.3) is 0 Å². The maximum Gasteiger partial charge on any atom is 0.407 e. The molecule has 0 aliphatic rings. The lowest BCUT2D eigenvalue weighted by atomic mass is 10.0. The van der Waals surface area contributed by atoms with Crippen LogP contribution in [-0.2, 0) is 17.8 Å². The first-order valence-corrected chi connectivity index (χ1v) is 8.86. The van der Waals surface area contributed by atoms with E-state index in [9.17, 15) is 9.59 Å². The van der Waals surface area contributed by atoms with Crippen LogP contribution in [0.5, 0.6) is 0 Å². The van der Waals surface area contributed by atoms with E-state index in [0.717, 1.165) is 24.1 Å². The number of carbonyl (C=O) groups is 2. The molecule has 0 aliphatic carbocycles. The minimum atomic E-state index is -0.425. The zero-order valence-corrected chi connectivity index (χ0v) is 14.8. The minimum Gasteiger partial charge on any atom is -0.445 e. The molecule has 0 spiro atoms. The topological polar surface area (TPSA) is 106 Å². The maximum absolute atomic E-state index is 11.7. The van der Waals surface area contributed by atoms with Crippen molar-refractivity contribution in [2.45, 2.75) is 26.4 Å². The first-order valence-electron chi connectivity index (χ1n) is 7.98. The summed E-state index contributed by atoms with van der Waals surface area (Å²) in [5.74, 6) is 4.96. The van der Waals surface area contributed by atoms with Gasteiger partial charge in [-0.25, -0.2) is 15.6 Å². The predicted molar refractivity (Wildman–Crippen MR) is 95.9 cm³/mol. The second kappa shape index (κ2) is 9.75. The van der Waals surface area contributed by atoms with E-state index < -0.39 is 6.09 Å². The van der Waals surface area contributed by atoms with Crippen LogP contribution in [0.4, 0.5) is 4.79 Å². The summed E-state index contributed by atoms with van der Waals surface area (Å²) in [4.78, 5) is 27.3. The Morgan fingerprint density at radius 1 is 1.32 bits per heavy atom. The third-order valence-corrected chi connectivity index (χ3v) is 4.47. The van der Waals surface area contributed by atoms with Crippen molar-refractivity contribution in [3.63, 3.8) is 0 Å². The Labute approximate surface area is 150 Å². The molecule has 0 fully saturated rings. The number of hydrazine groups is 1. The highest BCUT2D eigenvalue weighted by Crippen LogP contribution is 2.13. The first kappa shape index (κ1) is 18.9. The van der Waals surface area contributed by atoms with Crippen molar-refractivity contribution >= 4 is 23.3 Å². The fourth-order valence-corrected chi connectivity index (χ4v) is 2.87.